The molecular formula is C27H23N3OS. The number of hydrogen-bond acceptors (Lipinski definition) is 3. The summed E-state index contributed by atoms with van der Waals surface area (Å²) in [6, 6.07) is 26.2. The predicted octanol–water partition coefficient (Wildman–Crippen LogP) is 6.32. The van der Waals surface area contributed by atoms with Crippen molar-refractivity contribution in [3.05, 3.63) is 107 Å². The average molecular weight is 438 g/mol. The zero-order valence-electron chi connectivity index (χ0n) is 17.8. The molecule has 32 heavy (non-hydrogen) atoms. The molecule has 0 bridgehead atoms. The number of H-pyrrole nitrogens is 1. The van der Waals surface area contributed by atoms with Gasteiger partial charge in [-0.3, -0.25) is 9.69 Å². The number of amidine groups is 1. The van der Waals surface area contributed by atoms with Crippen LogP contribution in [0.15, 0.2) is 95.0 Å². The molecule has 1 aliphatic rings. The number of thioether (sulfide) groups is 1. The lowest BCUT2D eigenvalue weighted by Crippen LogP contribution is -2.31. The number of carbonyl (C=O) groups is 1. The Hall–Kier alpha value is -3.57. The lowest BCUT2D eigenvalue weighted by molar-refractivity contribution is -0.122. The average Bonchev–Trinajstić information content (AvgIpc) is 3.34. The van der Waals surface area contributed by atoms with Gasteiger partial charge in [0.2, 0.25) is 0 Å². The maximum Gasteiger partial charge on any atom is 0.266 e. The second-order valence-electron chi connectivity index (χ2n) is 7.82. The Bertz CT molecular complexity index is 1340. The van der Waals surface area contributed by atoms with Gasteiger partial charge >= 0.3 is 0 Å². The van der Waals surface area contributed by atoms with Gasteiger partial charge in [0, 0.05) is 23.6 Å². The number of amides is 1. The second-order valence-corrected chi connectivity index (χ2v) is 8.83. The van der Waals surface area contributed by atoms with Crippen LogP contribution in [0.5, 0.6) is 0 Å². The highest BCUT2D eigenvalue weighted by Crippen LogP contribution is 2.34. The van der Waals surface area contributed by atoms with Crippen LogP contribution in [0, 0.1) is 6.92 Å². The van der Waals surface area contributed by atoms with Crippen LogP contribution in [0.25, 0.3) is 17.0 Å². The fraction of sp³-hybridized carbons (Fsp3) is 0.111. The van der Waals surface area contributed by atoms with E-state index in [2.05, 4.69) is 36.2 Å². The first kappa shape index (κ1) is 20.3. The zero-order chi connectivity index (χ0) is 21.9. The first-order valence-corrected chi connectivity index (χ1v) is 11.5. The number of nitrogens with one attached hydrogen (secondary N) is 1. The topological polar surface area (TPSA) is 48.5 Å². The molecule has 1 N–H and O–H groups in total. The third-order valence-corrected chi connectivity index (χ3v) is 6.50. The van der Waals surface area contributed by atoms with E-state index < -0.39 is 0 Å². The van der Waals surface area contributed by atoms with Crippen molar-refractivity contribution in [1.82, 2.24) is 9.88 Å². The van der Waals surface area contributed by atoms with E-state index in [4.69, 9.17) is 4.99 Å². The van der Waals surface area contributed by atoms with Crippen LogP contribution >= 0.6 is 11.8 Å². The van der Waals surface area contributed by atoms with Crippen LogP contribution in [0.4, 0.5) is 5.69 Å². The molecule has 0 spiro atoms. The fourth-order valence-electron chi connectivity index (χ4n) is 3.88. The van der Waals surface area contributed by atoms with Crippen molar-refractivity contribution in [2.24, 2.45) is 4.99 Å². The maximum absolute atomic E-state index is 13.4. The van der Waals surface area contributed by atoms with Crippen molar-refractivity contribution >= 4 is 45.5 Å². The fourth-order valence-corrected chi connectivity index (χ4v) is 4.91. The predicted molar refractivity (Wildman–Crippen MR) is 134 cm³/mol. The van der Waals surface area contributed by atoms with Gasteiger partial charge < -0.3 is 4.98 Å². The van der Waals surface area contributed by atoms with E-state index in [9.17, 15) is 4.79 Å². The van der Waals surface area contributed by atoms with Crippen LogP contribution in [-0.2, 0) is 11.2 Å². The molecule has 0 atom stereocenters. The smallest absolute Gasteiger partial charge is 0.266 e. The summed E-state index contributed by atoms with van der Waals surface area (Å²) in [4.78, 5) is 24.0. The number of aryl methyl sites for hydroxylation is 1. The van der Waals surface area contributed by atoms with Gasteiger partial charge in [0.15, 0.2) is 5.17 Å². The number of benzene rings is 3. The molecule has 0 unspecified atom stereocenters. The van der Waals surface area contributed by atoms with E-state index in [0.29, 0.717) is 11.4 Å². The number of aromatic nitrogens is 1. The number of carbonyl (C=O) groups excluding carboxylic acids is 1. The summed E-state index contributed by atoms with van der Waals surface area (Å²) in [6.45, 7) is 2.63. The highest BCUT2D eigenvalue weighted by Gasteiger charge is 2.33. The largest absolute Gasteiger partial charge is 0.361 e. The Morgan fingerprint density at radius 3 is 2.66 bits per heavy atom. The van der Waals surface area contributed by atoms with Gasteiger partial charge in [-0.2, -0.15) is 0 Å². The third kappa shape index (κ3) is 4.25. The lowest BCUT2D eigenvalue weighted by atomic mass is 10.1. The van der Waals surface area contributed by atoms with Crippen molar-refractivity contribution in [2.75, 3.05) is 6.54 Å². The van der Waals surface area contributed by atoms with E-state index in [1.807, 2.05) is 66.9 Å². The van der Waals surface area contributed by atoms with Crippen molar-refractivity contribution in [3.8, 4) is 0 Å². The summed E-state index contributed by atoms with van der Waals surface area (Å²) < 4.78 is 0. The quantitative estimate of drug-likeness (QED) is 0.371. The maximum atomic E-state index is 13.4. The van der Waals surface area contributed by atoms with Gasteiger partial charge in [0.05, 0.1) is 10.6 Å². The molecule has 1 saturated heterocycles. The van der Waals surface area contributed by atoms with E-state index in [1.54, 1.807) is 4.90 Å². The number of hydrogen-bond donors (Lipinski definition) is 1. The van der Waals surface area contributed by atoms with Crippen molar-refractivity contribution in [2.45, 2.75) is 13.3 Å². The SMILES string of the molecule is Cc1cccc(/C=C2\SC(=Nc3ccccc3)N(CCc3c[nH]c4ccccc34)C2=O)c1. The summed E-state index contributed by atoms with van der Waals surface area (Å²) in [7, 11) is 0. The Labute approximate surface area is 191 Å². The minimum absolute atomic E-state index is 0.00558. The summed E-state index contributed by atoms with van der Waals surface area (Å²) >= 11 is 1.44. The molecule has 1 aromatic heterocycles. The Morgan fingerprint density at radius 2 is 1.81 bits per heavy atom. The van der Waals surface area contributed by atoms with E-state index in [-0.39, 0.29) is 5.91 Å². The molecule has 5 heteroatoms. The number of aliphatic imine (C=N–C) groups is 1. The number of rotatable bonds is 5. The molecule has 1 amide bonds. The molecule has 1 fully saturated rings. The molecule has 4 nitrogen and oxygen atoms in total. The van der Waals surface area contributed by atoms with Crippen LogP contribution < -0.4 is 0 Å². The molecule has 0 aliphatic carbocycles. The van der Waals surface area contributed by atoms with Gasteiger partial charge in [0.1, 0.15) is 0 Å². The summed E-state index contributed by atoms with van der Waals surface area (Å²) in [5, 5.41) is 1.92. The van der Waals surface area contributed by atoms with E-state index >= 15 is 0 Å². The van der Waals surface area contributed by atoms with E-state index in [0.717, 1.165) is 28.4 Å². The number of aromatic amines is 1. The molecule has 0 saturated carbocycles. The monoisotopic (exact) mass is 437 g/mol. The van der Waals surface area contributed by atoms with Crippen LogP contribution in [0.1, 0.15) is 16.7 Å². The standard InChI is InChI=1S/C27H23N3OS/c1-19-8-7-9-20(16-19)17-25-26(31)30(27(32-25)29-22-10-3-2-4-11-22)15-14-21-18-28-24-13-6-5-12-23(21)24/h2-13,16-18,28H,14-15H2,1H3/b25-17-,29-27?. The van der Waals surface area contributed by atoms with Crippen molar-refractivity contribution < 1.29 is 4.79 Å². The number of para-hydroxylation sites is 2. The lowest BCUT2D eigenvalue weighted by Gasteiger charge is -2.15. The van der Waals surface area contributed by atoms with Crippen LogP contribution in [-0.4, -0.2) is 27.5 Å². The summed E-state index contributed by atoms with van der Waals surface area (Å²) in [6.07, 6.45) is 4.75. The molecule has 1 aliphatic heterocycles. The van der Waals surface area contributed by atoms with Gasteiger partial charge in [-0.1, -0.05) is 66.2 Å². The van der Waals surface area contributed by atoms with Gasteiger partial charge in [-0.25, -0.2) is 4.99 Å². The van der Waals surface area contributed by atoms with Crippen molar-refractivity contribution in [3.63, 3.8) is 0 Å². The third-order valence-electron chi connectivity index (χ3n) is 5.49. The highest BCUT2D eigenvalue weighted by molar-refractivity contribution is 8.18. The Kier molecular flexibility index (Phi) is 5.65. The normalized spacial score (nSPS) is 16.5. The Balaban J connectivity index is 1.45. The summed E-state index contributed by atoms with van der Waals surface area (Å²) in [5.41, 5.74) is 5.36. The first-order valence-electron chi connectivity index (χ1n) is 10.6. The van der Waals surface area contributed by atoms with Gasteiger partial charge in [-0.15, -0.1) is 0 Å². The Morgan fingerprint density at radius 1 is 1.00 bits per heavy atom. The molecule has 3 aromatic carbocycles. The number of nitrogens with zero attached hydrogens (tertiary/aromatic N) is 2. The molecule has 5 rings (SSSR count). The molecular weight excluding hydrogens is 414 g/mol. The zero-order valence-corrected chi connectivity index (χ0v) is 18.6. The second kappa shape index (κ2) is 8.89. The minimum atomic E-state index is 0.00558. The van der Waals surface area contributed by atoms with E-state index in [1.165, 1.54) is 28.3 Å². The first-order chi connectivity index (χ1) is 15.7. The molecule has 158 valence electrons. The molecule has 2 heterocycles. The van der Waals surface area contributed by atoms with Crippen molar-refractivity contribution in [1.29, 1.82) is 0 Å². The summed E-state index contributed by atoms with van der Waals surface area (Å²) in [5.74, 6) is 0.00558. The highest BCUT2D eigenvalue weighted by atomic mass is 32.2. The molecule has 0 radical (unpaired) electrons. The minimum Gasteiger partial charge on any atom is -0.361 e. The van der Waals surface area contributed by atoms with Crippen LogP contribution in [0.2, 0.25) is 0 Å². The van der Waals surface area contributed by atoms with Gasteiger partial charge in [0.25, 0.3) is 5.91 Å². The van der Waals surface area contributed by atoms with Crippen LogP contribution in [0.3, 0.4) is 0 Å². The molecule has 4 aromatic rings. The van der Waals surface area contributed by atoms with Gasteiger partial charge in [-0.05, 0) is 60.5 Å². The number of fused-ring (bicyclic) bond motifs is 1.